The summed E-state index contributed by atoms with van der Waals surface area (Å²) < 4.78 is 13.7. The number of nitrogens with one attached hydrogen (secondary N) is 2. The molecule has 1 saturated carbocycles. The molecule has 1 amide bonds. The molecule has 0 radical (unpaired) electrons. The molecule has 2 N–H and O–H groups in total. The second-order valence-electron chi connectivity index (χ2n) is 7.08. The number of carbonyl (C=O) groups is 1. The van der Waals surface area contributed by atoms with Gasteiger partial charge in [0, 0.05) is 6.04 Å². The number of halogens is 1. The summed E-state index contributed by atoms with van der Waals surface area (Å²) in [5.41, 5.74) is -0.753. The maximum Gasteiger partial charge on any atom is 0.276 e. The van der Waals surface area contributed by atoms with Crippen molar-refractivity contribution in [2.75, 3.05) is 0 Å². The molecule has 2 unspecified atom stereocenters. The van der Waals surface area contributed by atoms with Crippen molar-refractivity contribution < 1.29 is 9.18 Å². The SMILES string of the molecule is CC(NC(=O)c1n[nH]c2c(F)cccc2c1=O)C(C)C1CCCCC1. The van der Waals surface area contributed by atoms with E-state index in [1.54, 1.807) is 0 Å². The van der Waals surface area contributed by atoms with Gasteiger partial charge < -0.3 is 5.32 Å². The highest BCUT2D eigenvalue weighted by Crippen LogP contribution is 2.31. The predicted octanol–water partition coefficient (Wildman–Crippen LogP) is 3.40. The van der Waals surface area contributed by atoms with Gasteiger partial charge in [0.25, 0.3) is 5.91 Å². The number of para-hydroxylation sites is 1. The topological polar surface area (TPSA) is 74.8 Å². The average Bonchev–Trinajstić information content (AvgIpc) is 2.62. The Hall–Kier alpha value is -2.24. The minimum absolute atomic E-state index is 0.0210. The number of H-pyrrole nitrogens is 1. The average molecular weight is 345 g/mol. The second kappa shape index (κ2) is 7.33. The lowest BCUT2D eigenvalue weighted by Crippen LogP contribution is -2.42. The van der Waals surface area contributed by atoms with Crippen LogP contribution in [-0.2, 0) is 0 Å². The van der Waals surface area contributed by atoms with Crippen LogP contribution >= 0.6 is 0 Å². The van der Waals surface area contributed by atoms with E-state index in [1.165, 1.54) is 50.3 Å². The zero-order chi connectivity index (χ0) is 18.0. The number of nitrogens with zero attached hydrogens (tertiary/aromatic N) is 1. The molecule has 1 aliphatic rings. The normalized spacial score (nSPS) is 18.0. The highest BCUT2D eigenvalue weighted by Gasteiger charge is 2.27. The van der Waals surface area contributed by atoms with Gasteiger partial charge in [-0.15, -0.1) is 0 Å². The van der Waals surface area contributed by atoms with Crippen LogP contribution in [0.4, 0.5) is 4.39 Å². The van der Waals surface area contributed by atoms with E-state index in [2.05, 4.69) is 22.4 Å². The third-order valence-corrected chi connectivity index (χ3v) is 5.51. The number of hydrogen-bond acceptors (Lipinski definition) is 3. The van der Waals surface area contributed by atoms with Crippen molar-refractivity contribution in [3.63, 3.8) is 0 Å². The van der Waals surface area contributed by atoms with Gasteiger partial charge in [-0.1, -0.05) is 45.1 Å². The van der Waals surface area contributed by atoms with Gasteiger partial charge in [-0.05, 0) is 30.9 Å². The van der Waals surface area contributed by atoms with Gasteiger partial charge in [0.2, 0.25) is 5.43 Å². The Bertz CT molecular complexity index is 827. The number of amides is 1. The van der Waals surface area contributed by atoms with Crippen LogP contribution in [0.15, 0.2) is 23.0 Å². The standard InChI is InChI=1S/C19H24FN3O2/c1-11(13-7-4-3-5-8-13)12(2)21-19(25)17-18(24)14-9-6-10-15(20)16(14)22-23-17/h6,9-13H,3-5,7-8H2,1-2H3,(H,21,25)(H,22,24). The number of fused-ring (bicyclic) bond motifs is 1. The Morgan fingerprint density at radius 3 is 2.72 bits per heavy atom. The second-order valence-corrected chi connectivity index (χ2v) is 7.08. The Morgan fingerprint density at radius 1 is 1.28 bits per heavy atom. The molecule has 0 aliphatic heterocycles. The van der Waals surface area contributed by atoms with Crippen molar-refractivity contribution in [3.05, 3.63) is 39.9 Å². The summed E-state index contributed by atoms with van der Waals surface area (Å²) in [5, 5.41) is 9.32. The number of benzene rings is 1. The molecule has 2 atom stereocenters. The van der Waals surface area contributed by atoms with E-state index in [1.807, 2.05) is 6.92 Å². The monoisotopic (exact) mass is 345 g/mol. The first-order valence-electron chi connectivity index (χ1n) is 8.96. The van der Waals surface area contributed by atoms with E-state index >= 15 is 0 Å². The molecule has 0 spiro atoms. The smallest absolute Gasteiger partial charge is 0.276 e. The van der Waals surface area contributed by atoms with Crippen LogP contribution in [0.3, 0.4) is 0 Å². The van der Waals surface area contributed by atoms with Gasteiger partial charge in [0.1, 0.15) is 11.3 Å². The van der Waals surface area contributed by atoms with E-state index in [0.29, 0.717) is 11.8 Å². The van der Waals surface area contributed by atoms with E-state index in [4.69, 9.17) is 0 Å². The quantitative estimate of drug-likeness (QED) is 0.892. The molecule has 25 heavy (non-hydrogen) atoms. The highest BCUT2D eigenvalue weighted by atomic mass is 19.1. The Kier molecular flexibility index (Phi) is 5.16. The van der Waals surface area contributed by atoms with Crippen LogP contribution in [0, 0.1) is 17.7 Å². The van der Waals surface area contributed by atoms with Crippen LogP contribution in [0.1, 0.15) is 56.4 Å². The fourth-order valence-corrected chi connectivity index (χ4v) is 3.75. The van der Waals surface area contributed by atoms with Gasteiger partial charge in [-0.3, -0.25) is 14.7 Å². The van der Waals surface area contributed by atoms with Crippen molar-refractivity contribution in [2.24, 2.45) is 11.8 Å². The number of carbonyl (C=O) groups excluding carboxylic acids is 1. The lowest BCUT2D eigenvalue weighted by molar-refractivity contribution is 0.0905. The molecule has 1 heterocycles. The molecule has 1 fully saturated rings. The largest absolute Gasteiger partial charge is 0.348 e. The van der Waals surface area contributed by atoms with Gasteiger partial charge in [0.05, 0.1) is 5.39 Å². The zero-order valence-corrected chi connectivity index (χ0v) is 14.6. The maximum absolute atomic E-state index is 13.7. The third-order valence-electron chi connectivity index (χ3n) is 5.51. The first kappa shape index (κ1) is 17.6. The third kappa shape index (κ3) is 3.57. The van der Waals surface area contributed by atoms with E-state index in [9.17, 15) is 14.0 Å². The lowest BCUT2D eigenvalue weighted by atomic mass is 9.78. The molecule has 6 heteroatoms. The molecule has 2 aromatic rings. The van der Waals surface area contributed by atoms with E-state index in [0.717, 1.165) is 0 Å². The fraction of sp³-hybridized carbons (Fsp3) is 0.526. The number of aromatic amines is 1. The first-order chi connectivity index (χ1) is 12.0. The van der Waals surface area contributed by atoms with Crippen LogP contribution in [0.5, 0.6) is 0 Å². The van der Waals surface area contributed by atoms with Crippen LogP contribution < -0.4 is 10.7 Å². The van der Waals surface area contributed by atoms with Crippen molar-refractivity contribution in [1.29, 1.82) is 0 Å². The fourth-order valence-electron chi connectivity index (χ4n) is 3.75. The minimum Gasteiger partial charge on any atom is -0.348 e. The highest BCUT2D eigenvalue weighted by molar-refractivity contribution is 5.95. The lowest BCUT2D eigenvalue weighted by Gasteiger charge is -2.32. The molecular weight excluding hydrogens is 321 g/mol. The zero-order valence-electron chi connectivity index (χ0n) is 14.6. The molecule has 5 nitrogen and oxygen atoms in total. The summed E-state index contributed by atoms with van der Waals surface area (Å²) in [7, 11) is 0. The molecule has 134 valence electrons. The molecule has 1 aliphatic carbocycles. The van der Waals surface area contributed by atoms with Gasteiger partial charge in [-0.2, -0.15) is 5.10 Å². The Morgan fingerprint density at radius 2 is 2.00 bits per heavy atom. The Labute approximate surface area is 146 Å². The van der Waals surface area contributed by atoms with Crippen LogP contribution in [-0.4, -0.2) is 22.1 Å². The van der Waals surface area contributed by atoms with Crippen molar-refractivity contribution in [3.8, 4) is 0 Å². The van der Waals surface area contributed by atoms with E-state index in [-0.39, 0.29) is 22.6 Å². The summed E-state index contributed by atoms with van der Waals surface area (Å²) in [5.74, 6) is -0.141. The van der Waals surface area contributed by atoms with Crippen LogP contribution in [0.25, 0.3) is 10.9 Å². The predicted molar refractivity (Wildman–Crippen MR) is 95.0 cm³/mol. The van der Waals surface area contributed by atoms with Gasteiger partial charge >= 0.3 is 0 Å². The molecule has 1 aromatic carbocycles. The first-order valence-corrected chi connectivity index (χ1v) is 8.96. The number of aromatic nitrogens is 2. The number of rotatable bonds is 4. The van der Waals surface area contributed by atoms with Gasteiger partial charge in [0.15, 0.2) is 5.69 Å². The maximum atomic E-state index is 13.7. The summed E-state index contributed by atoms with van der Waals surface area (Å²) in [6.45, 7) is 4.11. The minimum atomic E-state index is -0.562. The molecule has 1 aromatic heterocycles. The van der Waals surface area contributed by atoms with Crippen molar-refractivity contribution in [2.45, 2.75) is 52.0 Å². The summed E-state index contributed by atoms with van der Waals surface area (Å²) >= 11 is 0. The van der Waals surface area contributed by atoms with E-state index < -0.39 is 17.2 Å². The molecular formula is C19H24FN3O2. The summed E-state index contributed by atoms with van der Waals surface area (Å²) in [6, 6.07) is 4.12. The molecule has 0 saturated heterocycles. The summed E-state index contributed by atoms with van der Waals surface area (Å²) in [6.07, 6.45) is 6.15. The molecule has 0 bridgehead atoms. The Balaban J connectivity index is 1.78. The van der Waals surface area contributed by atoms with Gasteiger partial charge in [-0.25, -0.2) is 4.39 Å². The molecule has 3 rings (SSSR count). The number of hydrogen-bond donors (Lipinski definition) is 2. The van der Waals surface area contributed by atoms with Crippen LogP contribution in [0.2, 0.25) is 0 Å². The van der Waals surface area contributed by atoms with Crippen molar-refractivity contribution >= 4 is 16.8 Å². The summed E-state index contributed by atoms with van der Waals surface area (Å²) in [4.78, 5) is 25.0. The van der Waals surface area contributed by atoms with Crippen molar-refractivity contribution in [1.82, 2.24) is 15.5 Å².